The van der Waals surface area contributed by atoms with E-state index in [2.05, 4.69) is 15.3 Å². The van der Waals surface area contributed by atoms with Crippen LogP contribution in [0.5, 0.6) is 0 Å². The molecule has 1 saturated carbocycles. The number of aromatic nitrogens is 2. The quantitative estimate of drug-likeness (QED) is 0.714. The lowest BCUT2D eigenvalue weighted by Gasteiger charge is -2.17. The molecule has 2 aromatic rings. The molecule has 7 nitrogen and oxygen atoms in total. The SMILES string of the molecule is O=C(NNC(=O)C(F)F)c1cnc(NC2(c3ccccc3)CC2)nc1. The lowest BCUT2D eigenvalue weighted by Crippen LogP contribution is -2.44. The highest BCUT2D eigenvalue weighted by Gasteiger charge is 2.44. The molecule has 25 heavy (non-hydrogen) atoms. The summed E-state index contributed by atoms with van der Waals surface area (Å²) < 4.78 is 24.1. The Morgan fingerprint density at radius 3 is 2.24 bits per heavy atom. The average molecular weight is 347 g/mol. The molecule has 0 unspecified atom stereocenters. The van der Waals surface area contributed by atoms with Gasteiger partial charge >= 0.3 is 12.3 Å². The fourth-order valence-corrected chi connectivity index (χ4v) is 2.34. The lowest BCUT2D eigenvalue weighted by atomic mass is 10.1. The molecule has 1 heterocycles. The first-order chi connectivity index (χ1) is 12.0. The van der Waals surface area contributed by atoms with E-state index < -0.39 is 18.2 Å². The van der Waals surface area contributed by atoms with Gasteiger partial charge in [0.2, 0.25) is 5.95 Å². The highest BCUT2D eigenvalue weighted by atomic mass is 19.3. The van der Waals surface area contributed by atoms with Crippen molar-refractivity contribution in [3.8, 4) is 0 Å². The van der Waals surface area contributed by atoms with Crippen LogP contribution in [-0.2, 0) is 10.3 Å². The van der Waals surface area contributed by atoms with Crippen LogP contribution in [0.15, 0.2) is 42.7 Å². The van der Waals surface area contributed by atoms with Crippen molar-refractivity contribution in [2.45, 2.75) is 24.8 Å². The van der Waals surface area contributed by atoms with E-state index in [1.165, 1.54) is 12.4 Å². The molecule has 1 aliphatic rings. The first kappa shape index (κ1) is 16.7. The van der Waals surface area contributed by atoms with Crippen molar-refractivity contribution in [3.63, 3.8) is 0 Å². The van der Waals surface area contributed by atoms with Gasteiger partial charge in [0.05, 0.1) is 11.1 Å². The normalized spacial score (nSPS) is 14.7. The third kappa shape index (κ3) is 3.87. The number of anilines is 1. The molecule has 0 radical (unpaired) electrons. The summed E-state index contributed by atoms with van der Waals surface area (Å²) in [5.74, 6) is -2.02. The smallest absolute Gasteiger partial charge is 0.317 e. The maximum absolute atomic E-state index is 12.0. The van der Waals surface area contributed by atoms with Gasteiger partial charge in [-0.2, -0.15) is 8.78 Å². The van der Waals surface area contributed by atoms with E-state index in [9.17, 15) is 18.4 Å². The zero-order valence-electron chi connectivity index (χ0n) is 13.0. The summed E-state index contributed by atoms with van der Waals surface area (Å²) in [6.45, 7) is 0. The summed E-state index contributed by atoms with van der Waals surface area (Å²) in [6.07, 6.45) is 1.18. The Labute approximate surface area is 141 Å². The summed E-state index contributed by atoms with van der Waals surface area (Å²) in [5.41, 5.74) is 4.44. The van der Waals surface area contributed by atoms with E-state index in [1.54, 1.807) is 5.43 Å². The Morgan fingerprint density at radius 1 is 1.04 bits per heavy atom. The minimum atomic E-state index is -3.21. The molecular formula is C16H15F2N5O2. The second-order valence-electron chi connectivity index (χ2n) is 5.61. The molecule has 1 fully saturated rings. The summed E-state index contributed by atoms with van der Waals surface area (Å²) in [7, 11) is 0. The summed E-state index contributed by atoms with van der Waals surface area (Å²) >= 11 is 0. The molecule has 1 aliphatic carbocycles. The first-order valence-corrected chi connectivity index (χ1v) is 7.54. The Hall–Kier alpha value is -3.10. The van der Waals surface area contributed by atoms with E-state index in [-0.39, 0.29) is 11.1 Å². The molecule has 130 valence electrons. The van der Waals surface area contributed by atoms with Crippen LogP contribution < -0.4 is 16.2 Å². The highest BCUT2D eigenvalue weighted by Crippen LogP contribution is 2.47. The number of rotatable bonds is 5. The number of amides is 2. The molecule has 3 N–H and O–H groups in total. The van der Waals surface area contributed by atoms with Gasteiger partial charge in [-0.25, -0.2) is 9.97 Å². The fraction of sp³-hybridized carbons (Fsp3) is 0.250. The van der Waals surface area contributed by atoms with E-state index in [1.807, 2.05) is 35.8 Å². The van der Waals surface area contributed by atoms with Crippen LogP contribution in [0, 0.1) is 0 Å². The topological polar surface area (TPSA) is 96.0 Å². The number of hydrogen-bond donors (Lipinski definition) is 3. The number of hydrazine groups is 1. The van der Waals surface area contributed by atoms with Crippen LogP contribution in [0.2, 0.25) is 0 Å². The summed E-state index contributed by atoms with van der Waals surface area (Å²) in [5, 5.41) is 3.25. The summed E-state index contributed by atoms with van der Waals surface area (Å²) in [6, 6.07) is 9.90. The predicted molar refractivity (Wildman–Crippen MR) is 84.6 cm³/mol. The van der Waals surface area contributed by atoms with E-state index in [4.69, 9.17) is 0 Å². The minimum absolute atomic E-state index is 0.0321. The van der Waals surface area contributed by atoms with Gasteiger partial charge < -0.3 is 5.32 Å². The Bertz CT molecular complexity index is 764. The van der Waals surface area contributed by atoms with Crippen LogP contribution in [0.1, 0.15) is 28.8 Å². The average Bonchev–Trinajstić information content (AvgIpc) is 3.41. The molecule has 0 aliphatic heterocycles. The van der Waals surface area contributed by atoms with Crippen molar-refractivity contribution in [3.05, 3.63) is 53.9 Å². The molecular weight excluding hydrogens is 332 g/mol. The molecule has 1 aromatic carbocycles. The Balaban J connectivity index is 1.61. The van der Waals surface area contributed by atoms with Crippen molar-refractivity contribution in [1.29, 1.82) is 0 Å². The second-order valence-corrected chi connectivity index (χ2v) is 5.61. The Morgan fingerprint density at radius 2 is 1.68 bits per heavy atom. The zero-order chi connectivity index (χ0) is 17.9. The van der Waals surface area contributed by atoms with Crippen molar-refractivity contribution in [2.75, 3.05) is 5.32 Å². The highest BCUT2D eigenvalue weighted by molar-refractivity contribution is 5.95. The fourth-order valence-electron chi connectivity index (χ4n) is 2.34. The second kappa shape index (κ2) is 6.80. The molecule has 0 saturated heterocycles. The number of carbonyl (C=O) groups is 2. The van der Waals surface area contributed by atoms with Gasteiger partial charge in [-0.05, 0) is 18.4 Å². The maximum atomic E-state index is 12.0. The van der Waals surface area contributed by atoms with Crippen LogP contribution in [0.3, 0.4) is 0 Å². The minimum Gasteiger partial charge on any atom is -0.345 e. The van der Waals surface area contributed by atoms with E-state index >= 15 is 0 Å². The Kier molecular flexibility index (Phi) is 4.55. The molecule has 0 bridgehead atoms. The summed E-state index contributed by atoms with van der Waals surface area (Å²) in [4.78, 5) is 30.6. The van der Waals surface area contributed by atoms with Gasteiger partial charge in [0.15, 0.2) is 0 Å². The lowest BCUT2D eigenvalue weighted by molar-refractivity contribution is -0.132. The number of benzene rings is 1. The van der Waals surface area contributed by atoms with Crippen molar-refractivity contribution < 1.29 is 18.4 Å². The molecule has 3 rings (SSSR count). The predicted octanol–water partition coefficient (Wildman–Crippen LogP) is 1.60. The van der Waals surface area contributed by atoms with Crippen LogP contribution in [0.25, 0.3) is 0 Å². The van der Waals surface area contributed by atoms with Gasteiger partial charge in [-0.1, -0.05) is 30.3 Å². The number of nitrogens with zero attached hydrogens (tertiary/aromatic N) is 2. The number of nitrogens with one attached hydrogen (secondary N) is 3. The number of halogens is 2. The molecule has 2 amide bonds. The monoisotopic (exact) mass is 347 g/mol. The number of hydrogen-bond acceptors (Lipinski definition) is 5. The van der Waals surface area contributed by atoms with Crippen molar-refractivity contribution in [1.82, 2.24) is 20.8 Å². The standard InChI is InChI=1S/C16H15F2N5O2/c17-12(18)14(25)23-22-13(24)10-8-19-15(20-9-10)21-16(6-7-16)11-4-2-1-3-5-11/h1-5,8-9,12H,6-7H2,(H,22,24)(H,23,25)(H,19,20,21). The third-order valence-electron chi connectivity index (χ3n) is 3.84. The van der Waals surface area contributed by atoms with Gasteiger partial charge in [0, 0.05) is 12.4 Å². The molecule has 1 aromatic heterocycles. The van der Waals surface area contributed by atoms with Crippen molar-refractivity contribution >= 4 is 17.8 Å². The molecule has 9 heteroatoms. The number of alkyl halides is 2. The van der Waals surface area contributed by atoms with Crippen LogP contribution in [0.4, 0.5) is 14.7 Å². The van der Waals surface area contributed by atoms with Crippen molar-refractivity contribution in [2.24, 2.45) is 0 Å². The van der Waals surface area contributed by atoms with Gasteiger partial charge in [-0.15, -0.1) is 0 Å². The maximum Gasteiger partial charge on any atom is 0.317 e. The van der Waals surface area contributed by atoms with Gasteiger partial charge in [-0.3, -0.25) is 20.4 Å². The largest absolute Gasteiger partial charge is 0.345 e. The third-order valence-corrected chi connectivity index (χ3v) is 3.84. The zero-order valence-corrected chi connectivity index (χ0v) is 13.0. The molecule has 0 atom stereocenters. The van der Waals surface area contributed by atoms with Crippen LogP contribution in [-0.4, -0.2) is 28.2 Å². The first-order valence-electron chi connectivity index (χ1n) is 7.54. The molecule has 0 spiro atoms. The van der Waals surface area contributed by atoms with Crippen LogP contribution >= 0.6 is 0 Å². The van der Waals surface area contributed by atoms with E-state index in [0.29, 0.717) is 5.95 Å². The van der Waals surface area contributed by atoms with Gasteiger partial charge in [0.25, 0.3) is 5.91 Å². The number of carbonyl (C=O) groups excluding carboxylic acids is 2. The van der Waals surface area contributed by atoms with E-state index in [0.717, 1.165) is 18.4 Å². The van der Waals surface area contributed by atoms with Gasteiger partial charge in [0.1, 0.15) is 0 Å².